The van der Waals surface area contributed by atoms with E-state index in [0.717, 1.165) is 92.8 Å². The van der Waals surface area contributed by atoms with Gasteiger partial charge in [-0.15, -0.1) is 0 Å². The highest BCUT2D eigenvalue weighted by Crippen LogP contribution is 2.34. The number of rotatable bonds is 11. The lowest BCUT2D eigenvalue weighted by Crippen LogP contribution is -2.47. The molecule has 3 N–H and O–H groups in total. The molecule has 3 aliphatic rings. The Balaban J connectivity index is 0.684. The first-order valence-corrected chi connectivity index (χ1v) is 22.7. The molecule has 1 unspecified atom stereocenters. The molecule has 6 heterocycles. The first-order chi connectivity index (χ1) is 31.2. The summed E-state index contributed by atoms with van der Waals surface area (Å²) in [6.07, 6.45) is 10.1. The van der Waals surface area contributed by atoms with Gasteiger partial charge in [0.15, 0.2) is 0 Å². The van der Waals surface area contributed by atoms with E-state index >= 15 is 0 Å². The summed E-state index contributed by atoms with van der Waals surface area (Å²) in [7, 11) is 3.99. The summed E-state index contributed by atoms with van der Waals surface area (Å²) < 4.78 is 2.24. The van der Waals surface area contributed by atoms with Crippen molar-refractivity contribution in [3.63, 3.8) is 0 Å². The molecule has 10 rings (SSSR count). The number of hydrogen-bond donors (Lipinski definition) is 3. The smallest absolute Gasteiger partial charge is 0.258 e. The third-order valence-electron chi connectivity index (χ3n) is 14.0. The Kier molecular flexibility index (Phi) is 11.4. The fraction of sp³-hybridized carbons (Fsp3) is 0.327. The molecule has 3 saturated heterocycles. The number of fused-ring (bicyclic) bond motifs is 2. The maximum atomic E-state index is 13.6. The Morgan fingerprint density at radius 1 is 0.844 bits per heavy atom. The van der Waals surface area contributed by atoms with Crippen LogP contribution in [0.3, 0.4) is 0 Å². The standard InChI is InChI=1S/C52H55N9O3/c1-58-44(31-46-45(19-24-53-50(46)58)39-9-16-47-40(30-39)32-54-57-47)33-60-25-22-37(23-26-60)36-5-7-38(8-6-36)52(64)59(2)42-12-3-34(4-13-42)29-35-20-27-61(28-21-35)43-14-10-41(11-15-43)55-48-17-18-49(62)56-51(48)63/h3-16,19,24,30-32,35,37,48,55H,17-18,20-23,25-29,33H2,1-2H3,(H,54,57)(H,56,62,63). The Morgan fingerprint density at radius 2 is 1.61 bits per heavy atom. The van der Waals surface area contributed by atoms with E-state index in [0.29, 0.717) is 30.2 Å². The molecule has 3 amide bonds. The number of hydrogen-bond acceptors (Lipinski definition) is 8. The minimum atomic E-state index is -0.382. The van der Waals surface area contributed by atoms with Crippen LogP contribution in [0.1, 0.15) is 71.6 Å². The van der Waals surface area contributed by atoms with Gasteiger partial charge in [-0.2, -0.15) is 5.10 Å². The highest BCUT2D eigenvalue weighted by atomic mass is 16.2. The Bertz CT molecular complexity index is 2800. The van der Waals surface area contributed by atoms with Gasteiger partial charge in [-0.1, -0.05) is 30.3 Å². The first kappa shape index (κ1) is 41.2. The van der Waals surface area contributed by atoms with Crippen molar-refractivity contribution in [3.05, 3.63) is 138 Å². The van der Waals surface area contributed by atoms with Gasteiger partial charge in [0, 0.05) is 85.4 Å². The number of pyridine rings is 1. The van der Waals surface area contributed by atoms with Crippen molar-refractivity contribution >= 4 is 56.7 Å². The van der Waals surface area contributed by atoms with Crippen molar-refractivity contribution in [3.8, 4) is 11.1 Å². The van der Waals surface area contributed by atoms with Gasteiger partial charge >= 0.3 is 0 Å². The number of nitrogens with zero attached hydrogens (tertiary/aromatic N) is 6. The van der Waals surface area contributed by atoms with Crippen LogP contribution in [0.15, 0.2) is 116 Å². The summed E-state index contributed by atoms with van der Waals surface area (Å²) in [6.45, 7) is 4.91. The molecule has 4 aromatic carbocycles. The van der Waals surface area contributed by atoms with E-state index in [2.05, 4.69) is 121 Å². The number of imide groups is 1. The molecule has 64 heavy (non-hydrogen) atoms. The predicted octanol–water partition coefficient (Wildman–Crippen LogP) is 8.45. The van der Waals surface area contributed by atoms with E-state index in [1.807, 2.05) is 43.7 Å². The molecule has 0 aliphatic carbocycles. The van der Waals surface area contributed by atoms with E-state index < -0.39 is 0 Å². The van der Waals surface area contributed by atoms with Crippen LogP contribution in [0.4, 0.5) is 17.1 Å². The van der Waals surface area contributed by atoms with Gasteiger partial charge in [-0.3, -0.25) is 29.7 Å². The molecule has 0 radical (unpaired) electrons. The van der Waals surface area contributed by atoms with Gasteiger partial charge in [0.25, 0.3) is 5.91 Å². The number of carbonyl (C=O) groups is 3. The van der Waals surface area contributed by atoms with Gasteiger partial charge in [0.2, 0.25) is 11.8 Å². The van der Waals surface area contributed by atoms with Crippen molar-refractivity contribution < 1.29 is 14.4 Å². The van der Waals surface area contributed by atoms with Gasteiger partial charge in [-0.25, -0.2) is 4.98 Å². The van der Waals surface area contributed by atoms with E-state index in [-0.39, 0.29) is 23.8 Å². The number of aryl methyl sites for hydroxylation is 1. The second kappa shape index (κ2) is 17.8. The molecule has 1 atom stereocenters. The summed E-state index contributed by atoms with van der Waals surface area (Å²) in [5, 5.41) is 15.2. The van der Waals surface area contributed by atoms with Crippen LogP contribution >= 0.6 is 0 Å². The minimum absolute atomic E-state index is 0.00379. The molecule has 3 aliphatic heterocycles. The molecule has 7 aromatic rings. The molecule has 3 fully saturated rings. The molecule has 326 valence electrons. The number of nitrogens with one attached hydrogen (secondary N) is 3. The van der Waals surface area contributed by atoms with Crippen LogP contribution in [0.25, 0.3) is 33.1 Å². The Hall–Kier alpha value is -6.79. The van der Waals surface area contributed by atoms with Crippen molar-refractivity contribution in [2.24, 2.45) is 13.0 Å². The molecular weight excluding hydrogens is 799 g/mol. The number of aromatic nitrogens is 4. The monoisotopic (exact) mass is 853 g/mol. The van der Waals surface area contributed by atoms with Crippen molar-refractivity contribution in [2.45, 2.75) is 63.5 Å². The Labute approximate surface area is 373 Å². The van der Waals surface area contributed by atoms with E-state index in [9.17, 15) is 14.4 Å². The van der Waals surface area contributed by atoms with Crippen LogP contribution in [0.2, 0.25) is 0 Å². The summed E-state index contributed by atoms with van der Waals surface area (Å²) in [4.78, 5) is 48.8. The van der Waals surface area contributed by atoms with Crippen molar-refractivity contribution in [1.29, 1.82) is 0 Å². The van der Waals surface area contributed by atoms with Gasteiger partial charge in [0.1, 0.15) is 11.7 Å². The van der Waals surface area contributed by atoms with Crippen LogP contribution in [-0.4, -0.2) is 81.6 Å². The second-order valence-electron chi connectivity index (χ2n) is 18.0. The SMILES string of the molecule is CN(C(=O)c1ccc(C2CCN(Cc3cc4c(-c5ccc6[nH]ncc6c5)ccnc4n3C)CC2)cc1)c1ccc(CC2CCN(c3ccc(NC4CCC(=O)NC4=O)cc3)CC2)cc1. The predicted molar refractivity (Wildman–Crippen MR) is 254 cm³/mol. The van der Waals surface area contributed by atoms with Crippen LogP contribution in [0.5, 0.6) is 0 Å². The molecule has 3 aromatic heterocycles. The van der Waals surface area contributed by atoms with E-state index in [4.69, 9.17) is 4.98 Å². The van der Waals surface area contributed by atoms with E-state index in [1.54, 1.807) is 4.90 Å². The average Bonchev–Trinajstić information content (AvgIpc) is 3.94. The van der Waals surface area contributed by atoms with Gasteiger partial charge < -0.3 is 19.7 Å². The van der Waals surface area contributed by atoms with Crippen molar-refractivity contribution in [1.82, 2.24) is 30.0 Å². The number of amides is 3. The molecule has 0 bridgehead atoms. The second-order valence-corrected chi connectivity index (χ2v) is 18.0. The largest absolute Gasteiger partial charge is 0.374 e. The topological polar surface area (TPSA) is 131 Å². The summed E-state index contributed by atoms with van der Waals surface area (Å²) >= 11 is 0. The molecule has 0 spiro atoms. The fourth-order valence-electron chi connectivity index (χ4n) is 10.0. The fourth-order valence-corrected chi connectivity index (χ4v) is 10.0. The number of H-pyrrole nitrogens is 1. The molecule has 0 saturated carbocycles. The number of carbonyl (C=O) groups excluding carboxylic acids is 3. The quantitative estimate of drug-likeness (QED) is 0.111. The minimum Gasteiger partial charge on any atom is -0.374 e. The Morgan fingerprint density at radius 3 is 2.36 bits per heavy atom. The highest BCUT2D eigenvalue weighted by molar-refractivity contribution is 6.06. The van der Waals surface area contributed by atoms with Gasteiger partial charge in [-0.05, 0) is 159 Å². The average molecular weight is 854 g/mol. The van der Waals surface area contributed by atoms with E-state index in [1.165, 1.54) is 39.0 Å². The third-order valence-corrected chi connectivity index (χ3v) is 14.0. The molecular formula is C52H55N9O3. The lowest BCUT2D eigenvalue weighted by atomic mass is 9.89. The zero-order chi connectivity index (χ0) is 43.7. The number of piperidine rings is 3. The summed E-state index contributed by atoms with van der Waals surface area (Å²) in [5.41, 5.74) is 11.9. The summed E-state index contributed by atoms with van der Waals surface area (Å²) in [5.74, 6) is 0.607. The van der Waals surface area contributed by atoms with Gasteiger partial charge in [0.05, 0.1) is 11.7 Å². The third kappa shape index (κ3) is 8.62. The van der Waals surface area contributed by atoms with Crippen LogP contribution in [-0.2, 0) is 29.6 Å². The highest BCUT2D eigenvalue weighted by Gasteiger charge is 2.27. The van der Waals surface area contributed by atoms with Crippen LogP contribution < -0.4 is 20.4 Å². The zero-order valence-corrected chi connectivity index (χ0v) is 36.6. The maximum absolute atomic E-state index is 13.6. The number of likely N-dealkylation sites (tertiary alicyclic amines) is 1. The number of aromatic amines is 1. The normalized spacial score (nSPS) is 17.8. The lowest BCUT2D eigenvalue weighted by Gasteiger charge is -2.34. The first-order valence-electron chi connectivity index (χ1n) is 22.7. The summed E-state index contributed by atoms with van der Waals surface area (Å²) in [6, 6.07) is 35.5. The zero-order valence-electron chi connectivity index (χ0n) is 36.6. The maximum Gasteiger partial charge on any atom is 0.258 e. The van der Waals surface area contributed by atoms with Crippen molar-refractivity contribution in [2.75, 3.05) is 48.3 Å². The lowest BCUT2D eigenvalue weighted by molar-refractivity contribution is -0.133. The van der Waals surface area contributed by atoms with Crippen LogP contribution in [0, 0.1) is 5.92 Å². The molecule has 12 heteroatoms. The molecule has 12 nitrogen and oxygen atoms in total. The number of anilines is 3. The number of benzene rings is 4.